The number of likely N-dealkylation sites (tertiary alicyclic amines) is 1. The number of piperidine rings is 1. The number of benzene rings is 2. The first kappa shape index (κ1) is 20.0. The van der Waals surface area contributed by atoms with E-state index in [-0.39, 0.29) is 11.7 Å². The maximum absolute atomic E-state index is 12.9. The number of Topliss-reactive ketones (excluding diaryl/α,β-unsaturated/α-hetero) is 1. The van der Waals surface area contributed by atoms with Crippen molar-refractivity contribution in [2.24, 2.45) is 5.92 Å². The van der Waals surface area contributed by atoms with Gasteiger partial charge in [0.2, 0.25) is 5.91 Å². The molecular formula is C26H28N2O3. The van der Waals surface area contributed by atoms with Gasteiger partial charge in [0.15, 0.2) is 5.78 Å². The van der Waals surface area contributed by atoms with Gasteiger partial charge in [-0.3, -0.25) is 19.1 Å². The summed E-state index contributed by atoms with van der Waals surface area (Å²) in [4.78, 5) is 27.4. The summed E-state index contributed by atoms with van der Waals surface area (Å²) in [7, 11) is 0. The highest BCUT2D eigenvalue weighted by atomic mass is 16.3. The Kier molecular flexibility index (Phi) is 5.36. The van der Waals surface area contributed by atoms with Crippen LogP contribution in [0.3, 0.4) is 0 Å². The molecule has 160 valence electrons. The fraction of sp³-hybridized carbons (Fsp3) is 0.385. The molecule has 31 heavy (non-hydrogen) atoms. The van der Waals surface area contributed by atoms with E-state index in [1.54, 1.807) is 10.6 Å². The molecule has 1 saturated heterocycles. The van der Waals surface area contributed by atoms with Crippen LogP contribution in [0.4, 0.5) is 0 Å². The van der Waals surface area contributed by atoms with Crippen molar-refractivity contribution in [3.8, 4) is 5.75 Å². The normalized spacial score (nSPS) is 17.4. The van der Waals surface area contributed by atoms with Crippen LogP contribution < -0.4 is 0 Å². The lowest BCUT2D eigenvalue weighted by Gasteiger charge is -2.32. The number of hydrogen-bond donors (Lipinski definition) is 1. The lowest BCUT2D eigenvalue weighted by atomic mass is 9.89. The maximum atomic E-state index is 12.9. The standard InChI is InChI=1S/C26H28N2O3/c29-23-3-1-2-19(14-23)17-27-11-8-18(9-12-27)4-6-24(30)22-15-20-5-7-25(31)28-13-10-21(16-22)26(20)28/h1-3,10,13-16,18,29H,4-9,11-12,17H2. The zero-order valence-corrected chi connectivity index (χ0v) is 17.7. The molecular weight excluding hydrogens is 388 g/mol. The molecule has 5 heteroatoms. The zero-order chi connectivity index (χ0) is 21.4. The van der Waals surface area contributed by atoms with Gasteiger partial charge in [0.1, 0.15) is 5.75 Å². The summed E-state index contributed by atoms with van der Waals surface area (Å²) in [6, 6.07) is 13.4. The van der Waals surface area contributed by atoms with Crippen LogP contribution in [0.1, 0.15) is 58.4 Å². The van der Waals surface area contributed by atoms with Crippen LogP contribution >= 0.6 is 0 Å². The fourth-order valence-electron chi connectivity index (χ4n) is 5.12. The molecule has 1 fully saturated rings. The number of phenols is 1. The summed E-state index contributed by atoms with van der Waals surface area (Å²) in [6.45, 7) is 2.93. The number of aryl methyl sites for hydroxylation is 1. The van der Waals surface area contributed by atoms with Crippen LogP contribution in [0.25, 0.3) is 10.9 Å². The highest BCUT2D eigenvalue weighted by Gasteiger charge is 2.23. The predicted octanol–water partition coefficient (Wildman–Crippen LogP) is 4.81. The maximum Gasteiger partial charge on any atom is 0.231 e. The number of aromatic hydroxyl groups is 1. The number of aromatic nitrogens is 1. The Morgan fingerprint density at radius 3 is 2.71 bits per heavy atom. The molecule has 1 N–H and O–H groups in total. The predicted molar refractivity (Wildman–Crippen MR) is 121 cm³/mol. The number of rotatable bonds is 6. The Morgan fingerprint density at radius 1 is 1.06 bits per heavy atom. The van der Waals surface area contributed by atoms with E-state index in [4.69, 9.17) is 0 Å². The van der Waals surface area contributed by atoms with Crippen molar-refractivity contribution in [2.45, 2.75) is 45.1 Å². The summed E-state index contributed by atoms with van der Waals surface area (Å²) in [5, 5.41) is 10.6. The topological polar surface area (TPSA) is 62.5 Å². The van der Waals surface area contributed by atoms with E-state index in [1.165, 1.54) is 0 Å². The molecule has 5 nitrogen and oxygen atoms in total. The van der Waals surface area contributed by atoms with Crippen LogP contribution in [-0.4, -0.2) is 39.4 Å². The van der Waals surface area contributed by atoms with E-state index in [9.17, 15) is 14.7 Å². The van der Waals surface area contributed by atoms with Gasteiger partial charge in [-0.15, -0.1) is 0 Å². The van der Waals surface area contributed by atoms with Crippen molar-refractivity contribution in [2.75, 3.05) is 13.1 Å². The Balaban J connectivity index is 1.16. The van der Waals surface area contributed by atoms with Crippen LogP contribution in [0.5, 0.6) is 5.75 Å². The van der Waals surface area contributed by atoms with Crippen LogP contribution in [0.2, 0.25) is 0 Å². The molecule has 3 aromatic rings. The molecule has 0 aliphatic carbocycles. The summed E-state index contributed by atoms with van der Waals surface area (Å²) < 4.78 is 1.73. The Morgan fingerprint density at radius 2 is 1.90 bits per heavy atom. The van der Waals surface area contributed by atoms with Gasteiger partial charge in [-0.2, -0.15) is 0 Å². The van der Waals surface area contributed by atoms with E-state index >= 15 is 0 Å². The number of carbonyl (C=O) groups is 2. The van der Waals surface area contributed by atoms with Crippen molar-refractivity contribution in [1.29, 1.82) is 0 Å². The van der Waals surface area contributed by atoms with Crippen molar-refractivity contribution in [3.05, 3.63) is 65.4 Å². The van der Waals surface area contributed by atoms with Gasteiger partial charge in [-0.25, -0.2) is 0 Å². The third-order valence-corrected chi connectivity index (χ3v) is 6.86. The monoisotopic (exact) mass is 416 g/mol. The van der Waals surface area contributed by atoms with E-state index in [1.807, 2.05) is 36.5 Å². The zero-order valence-electron chi connectivity index (χ0n) is 17.7. The molecule has 0 spiro atoms. The number of carbonyl (C=O) groups excluding carboxylic acids is 2. The summed E-state index contributed by atoms with van der Waals surface area (Å²) in [5.41, 5.74) is 4.03. The molecule has 0 atom stereocenters. The number of ketones is 1. The third-order valence-electron chi connectivity index (χ3n) is 6.86. The highest BCUT2D eigenvalue weighted by Crippen LogP contribution is 2.29. The number of nitrogens with zero attached hydrogens (tertiary/aromatic N) is 2. The first-order valence-corrected chi connectivity index (χ1v) is 11.3. The average molecular weight is 417 g/mol. The second-order valence-electron chi connectivity index (χ2n) is 9.00. The van der Waals surface area contributed by atoms with Crippen molar-refractivity contribution in [3.63, 3.8) is 0 Å². The van der Waals surface area contributed by atoms with Gasteiger partial charge >= 0.3 is 0 Å². The second kappa shape index (κ2) is 8.31. The SMILES string of the molecule is O=C(CCC1CCN(Cc2cccc(O)c2)CC1)c1cc2c3c(ccn3C(=O)CC2)c1. The van der Waals surface area contributed by atoms with Gasteiger partial charge in [0.25, 0.3) is 0 Å². The Bertz CT molecular complexity index is 1140. The first-order chi connectivity index (χ1) is 15.1. The summed E-state index contributed by atoms with van der Waals surface area (Å²) >= 11 is 0. The molecule has 1 aromatic heterocycles. The molecule has 0 unspecified atom stereocenters. The molecule has 0 amide bonds. The molecule has 5 rings (SSSR count). The number of phenolic OH excluding ortho intramolecular Hbond substituents is 1. The highest BCUT2D eigenvalue weighted by molar-refractivity contribution is 6.03. The van der Waals surface area contributed by atoms with Gasteiger partial charge < -0.3 is 5.11 Å². The van der Waals surface area contributed by atoms with E-state index in [0.29, 0.717) is 24.5 Å². The lowest BCUT2D eigenvalue weighted by molar-refractivity contribution is 0.0903. The largest absolute Gasteiger partial charge is 0.508 e. The molecule has 0 saturated carbocycles. The molecule has 2 aromatic carbocycles. The quantitative estimate of drug-likeness (QED) is 0.586. The molecule has 2 aliphatic rings. The van der Waals surface area contributed by atoms with Crippen LogP contribution in [0.15, 0.2) is 48.7 Å². The van der Waals surface area contributed by atoms with Crippen LogP contribution in [0, 0.1) is 5.92 Å². The summed E-state index contributed by atoms with van der Waals surface area (Å²) in [6.07, 6.45) is 6.80. The molecule has 0 radical (unpaired) electrons. The Hall–Kier alpha value is -2.92. The van der Waals surface area contributed by atoms with E-state index in [2.05, 4.69) is 11.0 Å². The molecule has 0 bridgehead atoms. The van der Waals surface area contributed by atoms with E-state index < -0.39 is 0 Å². The van der Waals surface area contributed by atoms with Crippen molar-refractivity contribution < 1.29 is 14.7 Å². The van der Waals surface area contributed by atoms with Gasteiger partial charge in [0, 0.05) is 36.5 Å². The summed E-state index contributed by atoms with van der Waals surface area (Å²) in [5.74, 6) is 1.26. The lowest BCUT2D eigenvalue weighted by Crippen LogP contribution is -2.33. The average Bonchev–Trinajstić information content (AvgIpc) is 3.21. The van der Waals surface area contributed by atoms with E-state index in [0.717, 1.165) is 72.9 Å². The Labute approximate surface area is 182 Å². The van der Waals surface area contributed by atoms with Gasteiger partial charge in [-0.05, 0) is 86.1 Å². The molecule has 2 aliphatic heterocycles. The molecule has 3 heterocycles. The van der Waals surface area contributed by atoms with Gasteiger partial charge in [0.05, 0.1) is 5.52 Å². The van der Waals surface area contributed by atoms with Gasteiger partial charge in [-0.1, -0.05) is 12.1 Å². The number of hydrogen-bond acceptors (Lipinski definition) is 4. The van der Waals surface area contributed by atoms with Crippen molar-refractivity contribution >= 4 is 22.6 Å². The van der Waals surface area contributed by atoms with Crippen molar-refractivity contribution in [1.82, 2.24) is 9.47 Å². The third kappa shape index (κ3) is 4.15. The smallest absolute Gasteiger partial charge is 0.231 e. The second-order valence-corrected chi connectivity index (χ2v) is 9.00. The van der Waals surface area contributed by atoms with Crippen LogP contribution in [-0.2, 0) is 13.0 Å². The minimum absolute atomic E-state index is 0.136. The minimum Gasteiger partial charge on any atom is -0.508 e. The first-order valence-electron chi connectivity index (χ1n) is 11.3. The minimum atomic E-state index is 0.136. The fourth-order valence-corrected chi connectivity index (χ4v) is 5.12.